The Balaban J connectivity index is 2.60. The number of allylic oxidation sites excluding steroid dienone is 1. The zero-order valence-corrected chi connectivity index (χ0v) is 8.94. The monoisotopic (exact) mass is 194 g/mol. The largest absolute Gasteiger partial charge is 0.383 e. The van der Waals surface area contributed by atoms with Gasteiger partial charge in [0.25, 0.3) is 0 Å². The van der Waals surface area contributed by atoms with Crippen molar-refractivity contribution >= 4 is 0 Å². The normalized spacial score (nSPS) is 25.4. The van der Waals surface area contributed by atoms with Gasteiger partial charge in [-0.05, 0) is 19.8 Å². The van der Waals surface area contributed by atoms with E-state index >= 15 is 0 Å². The van der Waals surface area contributed by atoms with Gasteiger partial charge in [-0.2, -0.15) is 5.26 Å². The SMILES string of the molecule is C/C=C/C(C#N)N1CCC[C@H]1COC. The molecule has 0 spiro atoms. The van der Waals surface area contributed by atoms with Crippen LogP contribution in [-0.2, 0) is 4.74 Å². The van der Waals surface area contributed by atoms with E-state index in [1.54, 1.807) is 7.11 Å². The maximum absolute atomic E-state index is 9.02. The second-order valence-electron chi connectivity index (χ2n) is 3.59. The Morgan fingerprint density at radius 2 is 2.50 bits per heavy atom. The van der Waals surface area contributed by atoms with E-state index in [-0.39, 0.29) is 6.04 Å². The van der Waals surface area contributed by atoms with Gasteiger partial charge in [0.15, 0.2) is 0 Å². The third-order valence-electron chi connectivity index (χ3n) is 2.65. The third-order valence-corrected chi connectivity index (χ3v) is 2.65. The van der Waals surface area contributed by atoms with Gasteiger partial charge in [0, 0.05) is 19.7 Å². The van der Waals surface area contributed by atoms with Gasteiger partial charge in [0.2, 0.25) is 0 Å². The van der Waals surface area contributed by atoms with Crippen LogP contribution >= 0.6 is 0 Å². The fraction of sp³-hybridized carbons (Fsp3) is 0.727. The molecule has 0 N–H and O–H groups in total. The molecule has 0 bridgehead atoms. The highest BCUT2D eigenvalue weighted by molar-refractivity contribution is 5.08. The van der Waals surface area contributed by atoms with Crippen molar-refractivity contribution in [1.29, 1.82) is 5.26 Å². The van der Waals surface area contributed by atoms with E-state index < -0.39 is 0 Å². The highest BCUT2D eigenvalue weighted by Gasteiger charge is 2.28. The maximum Gasteiger partial charge on any atom is 0.117 e. The Labute approximate surface area is 86.0 Å². The standard InChI is InChI=1S/C11H18N2O/c1-3-5-10(8-12)13-7-4-6-11(13)9-14-2/h3,5,10-11H,4,6-7,9H2,1-2H3/b5-3+/t10?,11-/m0/s1. The summed E-state index contributed by atoms with van der Waals surface area (Å²) < 4.78 is 5.15. The predicted molar refractivity (Wildman–Crippen MR) is 55.8 cm³/mol. The number of nitriles is 1. The van der Waals surface area contributed by atoms with Crippen LogP contribution in [-0.4, -0.2) is 37.2 Å². The molecule has 1 heterocycles. The minimum atomic E-state index is -0.0809. The van der Waals surface area contributed by atoms with Gasteiger partial charge in [0.05, 0.1) is 12.7 Å². The lowest BCUT2D eigenvalue weighted by Gasteiger charge is -2.26. The zero-order chi connectivity index (χ0) is 10.4. The fourth-order valence-corrected chi connectivity index (χ4v) is 2.01. The molecular weight excluding hydrogens is 176 g/mol. The molecule has 1 rings (SSSR count). The van der Waals surface area contributed by atoms with E-state index in [0.29, 0.717) is 6.04 Å². The zero-order valence-electron chi connectivity index (χ0n) is 8.94. The van der Waals surface area contributed by atoms with Crippen LogP contribution in [0.1, 0.15) is 19.8 Å². The van der Waals surface area contributed by atoms with Crippen LogP contribution < -0.4 is 0 Å². The van der Waals surface area contributed by atoms with Crippen molar-refractivity contribution in [1.82, 2.24) is 4.90 Å². The molecule has 78 valence electrons. The fourth-order valence-electron chi connectivity index (χ4n) is 2.01. The molecule has 1 aliphatic heterocycles. The first-order chi connectivity index (χ1) is 6.83. The first-order valence-electron chi connectivity index (χ1n) is 5.10. The van der Waals surface area contributed by atoms with E-state index in [9.17, 15) is 0 Å². The molecular formula is C11H18N2O. The molecule has 0 aromatic carbocycles. The van der Waals surface area contributed by atoms with E-state index in [1.165, 1.54) is 6.42 Å². The summed E-state index contributed by atoms with van der Waals surface area (Å²) in [5.41, 5.74) is 0. The molecule has 1 saturated heterocycles. The van der Waals surface area contributed by atoms with Crippen molar-refractivity contribution in [2.75, 3.05) is 20.3 Å². The van der Waals surface area contributed by atoms with E-state index in [1.807, 2.05) is 19.1 Å². The molecule has 0 aliphatic carbocycles. The number of hydrogen-bond donors (Lipinski definition) is 0. The Hall–Kier alpha value is -0.850. The van der Waals surface area contributed by atoms with Gasteiger partial charge in [-0.25, -0.2) is 0 Å². The second-order valence-corrected chi connectivity index (χ2v) is 3.59. The quantitative estimate of drug-likeness (QED) is 0.637. The van der Waals surface area contributed by atoms with Crippen LogP contribution in [0.4, 0.5) is 0 Å². The molecule has 14 heavy (non-hydrogen) atoms. The third kappa shape index (κ3) is 2.57. The molecule has 1 unspecified atom stereocenters. The Morgan fingerprint density at radius 3 is 3.07 bits per heavy atom. The van der Waals surface area contributed by atoms with Crippen LogP contribution in [0.5, 0.6) is 0 Å². The smallest absolute Gasteiger partial charge is 0.117 e. The average Bonchev–Trinajstić information content (AvgIpc) is 2.63. The molecule has 1 aliphatic rings. The van der Waals surface area contributed by atoms with E-state index in [0.717, 1.165) is 19.6 Å². The van der Waals surface area contributed by atoms with E-state index in [2.05, 4.69) is 11.0 Å². The summed E-state index contributed by atoms with van der Waals surface area (Å²) in [5, 5.41) is 9.02. The van der Waals surface area contributed by atoms with E-state index in [4.69, 9.17) is 10.00 Å². The summed E-state index contributed by atoms with van der Waals surface area (Å²) >= 11 is 0. The van der Waals surface area contributed by atoms with Crippen molar-refractivity contribution in [2.45, 2.75) is 31.8 Å². The summed E-state index contributed by atoms with van der Waals surface area (Å²) in [6.45, 7) is 3.69. The van der Waals surface area contributed by atoms with Crippen molar-refractivity contribution in [3.05, 3.63) is 12.2 Å². The van der Waals surface area contributed by atoms with Crippen molar-refractivity contribution in [3.8, 4) is 6.07 Å². The van der Waals surface area contributed by atoms with Crippen LogP contribution in [0.15, 0.2) is 12.2 Å². The molecule has 3 heteroatoms. The van der Waals surface area contributed by atoms with Crippen LogP contribution in [0, 0.1) is 11.3 Å². The highest BCUT2D eigenvalue weighted by Crippen LogP contribution is 2.20. The van der Waals surface area contributed by atoms with Gasteiger partial charge < -0.3 is 4.74 Å². The van der Waals surface area contributed by atoms with Gasteiger partial charge in [-0.15, -0.1) is 0 Å². The minimum absolute atomic E-state index is 0.0809. The minimum Gasteiger partial charge on any atom is -0.383 e. The molecule has 0 aromatic heterocycles. The number of likely N-dealkylation sites (tertiary alicyclic amines) is 1. The van der Waals surface area contributed by atoms with Crippen LogP contribution in [0.25, 0.3) is 0 Å². The first kappa shape index (κ1) is 11.2. The van der Waals surface area contributed by atoms with Crippen molar-refractivity contribution < 1.29 is 4.74 Å². The Morgan fingerprint density at radius 1 is 1.71 bits per heavy atom. The number of methoxy groups -OCH3 is 1. The van der Waals surface area contributed by atoms with Gasteiger partial charge >= 0.3 is 0 Å². The van der Waals surface area contributed by atoms with Gasteiger partial charge in [-0.3, -0.25) is 4.90 Å². The number of rotatable bonds is 4. The molecule has 1 fully saturated rings. The Bertz CT molecular complexity index is 232. The summed E-state index contributed by atoms with van der Waals surface area (Å²) in [6, 6.07) is 2.65. The summed E-state index contributed by atoms with van der Waals surface area (Å²) in [4.78, 5) is 2.23. The topological polar surface area (TPSA) is 36.3 Å². The maximum atomic E-state index is 9.02. The molecule has 0 aromatic rings. The molecule has 0 amide bonds. The first-order valence-corrected chi connectivity index (χ1v) is 5.10. The summed E-state index contributed by atoms with van der Waals surface area (Å²) in [6.07, 6.45) is 6.21. The molecule has 3 nitrogen and oxygen atoms in total. The lowest BCUT2D eigenvalue weighted by Crippen LogP contribution is -2.39. The number of nitrogens with zero attached hydrogens (tertiary/aromatic N) is 2. The number of hydrogen-bond acceptors (Lipinski definition) is 3. The van der Waals surface area contributed by atoms with Crippen molar-refractivity contribution in [3.63, 3.8) is 0 Å². The molecule has 2 atom stereocenters. The molecule has 0 saturated carbocycles. The summed E-state index contributed by atoms with van der Waals surface area (Å²) in [7, 11) is 1.72. The second kappa shape index (κ2) is 5.79. The summed E-state index contributed by atoms with van der Waals surface area (Å²) in [5.74, 6) is 0. The average molecular weight is 194 g/mol. The molecule has 0 radical (unpaired) electrons. The lowest BCUT2D eigenvalue weighted by molar-refractivity contribution is 0.111. The van der Waals surface area contributed by atoms with Gasteiger partial charge in [-0.1, -0.05) is 12.2 Å². The van der Waals surface area contributed by atoms with Crippen LogP contribution in [0.2, 0.25) is 0 Å². The number of ether oxygens (including phenoxy) is 1. The van der Waals surface area contributed by atoms with Crippen LogP contribution in [0.3, 0.4) is 0 Å². The predicted octanol–water partition coefficient (Wildman–Crippen LogP) is 1.57. The highest BCUT2D eigenvalue weighted by atomic mass is 16.5. The van der Waals surface area contributed by atoms with Gasteiger partial charge in [0.1, 0.15) is 6.04 Å². The van der Waals surface area contributed by atoms with Crippen molar-refractivity contribution in [2.24, 2.45) is 0 Å². The Kier molecular flexibility index (Phi) is 4.64. The lowest BCUT2D eigenvalue weighted by atomic mass is 10.2.